The third-order valence-electron chi connectivity index (χ3n) is 5.73. The van der Waals surface area contributed by atoms with Gasteiger partial charge in [0.15, 0.2) is 0 Å². The van der Waals surface area contributed by atoms with Gasteiger partial charge >= 0.3 is 0 Å². The molecule has 1 saturated heterocycles. The summed E-state index contributed by atoms with van der Waals surface area (Å²) in [5, 5.41) is 3.16. The second-order valence-corrected chi connectivity index (χ2v) is 9.56. The summed E-state index contributed by atoms with van der Waals surface area (Å²) in [6.45, 7) is 7.70. The maximum Gasteiger partial charge on any atom is 0.253 e. The molecular weight excluding hydrogens is 440 g/mol. The van der Waals surface area contributed by atoms with Crippen molar-refractivity contribution in [3.05, 3.63) is 69.7 Å². The number of nitrogens with one attached hydrogen (secondary N) is 1. The average molecular weight is 471 g/mol. The van der Waals surface area contributed by atoms with Crippen molar-refractivity contribution in [2.24, 2.45) is 11.8 Å². The van der Waals surface area contributed by atoms with Crippen molar-refractivity contribution < 1.29 is 9.59 Å². The SMILES string of the molecule is CC(C)Cc1ccc(C(C)NC(=O)C2CCN(C(=O)c3ccc(Br)cc3)CC2)cc1. The first-order valence-corrected chi connectivity index (χ1v) is 11.6. The molecule has 1 unspecified atom stereocenters. The van der Waals surface area contributed by atoms with Crippen LogP contribution in [-0.2, 0) is 11.2 Å². The van der Waals surface area contributed by atoms with Crippen molar-refractivity contribution in [3.8, 4) is 0 Å². The smallest absolute Gasteiger partial charge is 0.253 e. The van der Waals surface area contributed by atoms with E-state index in [1.54, 1.807) is 0 Å². The Bertz CT molecular complexity index is 854. The number of benzene rings is 2. The Labute approximate surface area is 188 Å². The average Bonchev–Trinajstić information content (AvgIpc) is 2.74. The molecule has 1 aliphatic rings. The number of carbonyl (C=O) groups excluding carboxylic acids is 2. The molecule has 3 rings (SSSR count). The zero-order chi connectivity index (χ0) is 21.7. The zero-order valence-electron chi connectivity index (χ0n) is 18.0. The van der Waals surface area contributed by atoms with Gasteiger partial charge in [0, 0.05) is 29.0 Å². The van der Waals surface area contributed by atoms with E-state index in [0.717, 1.165) is 16.5 Å². The van der Waals surface area contributed by atoms with Gasteiger partial charge in [0.05, 0.1) is 6.04 Å². The van der Waals surface area contributed by atoms with Gasteiger partial charge in [0.25, 0.3) is 5.91 Å². The summed E-state index contributed by atoms with van der Waals surface area (Å²) in [6.07, 6.45) is 2.47. The Morgan fingerprint density at radius 1 is 1.00 bits per heavy atom. The number of amides is 2. The maximum atomic E-state index is 12.8. The Balaban J connectivity index is 1.50. The fourth-order valence-electron chi connectivity index (χ4n) is 3.95. The first kappa shape index (κ1) is 22.5. The minimum absolute atomic E-state index is 0.0203. The van der Waals surface area contributed by atoms with Crippen LogP contribution in [0.25, 0.3) is 0 Å². The van der Waals surface area contributed by atoms with E-state index in [1.165, 1.54) is 5.56 Å². The quantitative estimate of drug-likeness (QED) is 0.615. The highest BCUT2D eigenvalue weighted by Crippen LogP contribution is 2.22. The van der Waals surface area contributed by atoms with E-state index >= 15 is 0 Å². The molecule has 2 amide bonds. The van der Waals surface area contributed by atoms with Crippen molar-refractivity contribution in [1.82, 2.24) is 10.2 Å². The van der Waals surface area contributed by atoms with Gasteiger partial charge in [0.1, 0.15) is 0 Å². The molecule has 0 bridgehead atoms. The molecule has 5 heteroatoms. The summed E-state index contributed by atoms with van der Waals surface area (Å²) >= 11 is 3.39. The number of likely N-dealkylation sites (tertiary alicyclic amines) is 1. The normalized spacial score (nSPS) is 15.8. The van der Waals surface area contributed by atoms with Gasteiger partial charge in [-0.05, 0) is 67.5 Å². The summed E-state index contributed by atoms with van der Waals surface area (Å²) in [5.74, 6) is 0.719. The van der Waals surface area contributed by atoms with Crippen LogP contribution >= 0.6 is 15.9 Å². The summed E-state index contributed by atoms with van der Waals surface area (Å²) < 4.78 is 0.957. The molecule has 1 fully saturated rings. The van der Waals surface area contributed by atoms with Crippen LogP contribution in [0.15, 0.2) is 53.0 Å². The van der Waals surface area contributed by atoms with Crippen LogP contribution in [0, 0.1) is 11.8 Å². The highest BCUT2D eigenvalue weighted by Gasteiger charge is 2.28. The molecule has 2 aromatic rings. The minimum atomic E-state index is -0.0402. The second kappa shape index (κ2) is 10.3. The number of carbonyl (C=O) groups is 2. The highest BCUT2D eigenvalue weighted by atomic mass is 79.9. The van der Waals surface area contributed by atoms with Crippen LogP contribution in [0.2, 0.25) is 0 Å². The molecule has 1 atom stereocenters. The molecule has 2 aromatic carbocycles. The lowest BCUT2D eigenvalue weighted by atomic mass is 9.94. The van der Waals surface area contributed by atoms with E-state index in [-0.39, 0.29) is 23.8 Å². The van der Waals surface area contributed by atoms with Crippen molar-refractivity contribution in [2.45, 2.75) is 46.1 Å². The van der Waals surface area contributed by atoms with E-state index in [2.05, 4.69) is 59.4 Å². The Morgan fingerprint density at radius 3 is 2.17 bits per heavy atom. The summed E-state index contributed by atoms with van der Waals surface area (Å²) in [6, 6.07) is 15.9. The number of rotatable bonds is 6. The molecule has 30 heavy (non-hydrogen) atoms. The maximum absolute atomic E-state index is 12.8. The van der Waals surface area contributed by atoms with Crippen LogP contribution in [-0.4, -0.2) is 29.8 Å². The molecule has 160 valence electrons. The van der Waals surface area contributed by atoms with Crippen LogP contribution in [0.3, 0.4) is 0 Å². The number of hydrogen-bond acceptors (Lipinski definition) is 2. The van der Waals surface area contributed by atoms with Gasteiger partial charge in [-0.25, -0.2) is 0 Å². The van der Waals surface area contributed by atoms with Gasteiger partial charge in [-0.15, -0.1) is 0 Å². The van der Waals surface area contributed by atoms with E-state index in [9.17, 15) is 9.59 Å². The minimum Gasteiger partial charge on any atom is -0.349 e. The fraction of sp³-hybridized carbons (Fsp3) is 0.440. The van der Waals surface area contributed by atoms with E-state index in [1.807, 2.05) is 36.1 Å². The number of piperidine rings is 1. The number of nitrogens with zero attached hydrogens (tertiary/aromatic N) is 1. The predicted octanol–water partition coefficient (Wildman–Crippen LogP) is 5.38. The third-order valence-corrected chi connectivity index (χ3v) is 6.26. The van der Waals surface area contributed by atoms with Crippen molar-refractivity contribution in [3.63, 3.8) is 0 Å². The van der Waals surface area contributed by atoms with Crippen LogP contribution in [0.1, 0.15) is 61.1 Å². The Kier molecular flexibility index (Phi) is 7.70. The predicted molar refractivity (Wildman–Crippen MR) is 124 cm³/mol. The molecule has 0 spiro atoms. The molecule has 1 N–H and O–H groups in total. The van der Waals surface area contributed by atoms with Crippen LogP contribution in [0.5, 0.6) is 0 Å². The highest BCUT2D eigenvalue weighted by molar-refractivity contribution is 9.10. The van der Waals surface area contributed by atoms with Gasteiger partial charge in [-0.1, -0.05) is 54.0 Å². The van der Waals surface area contributed by atoms with Crippen molar-refractivity contribution in [2.75, 3.05) is 13.1 Å². The van der Waals surface area contributed by atoms with Gasteiger partial charge in [-0.2, -0.15) is 0 Å². The van der Waals surface area contributed by atoms with Crippen molar-refractivity contribution >= 4 is 27.7 Å². The number of hydrogen-bond donors (Lipinski definition) is 1. The lowest BCUT2D eigenvalue weighted by Gasteiger charge is -2.32. The molecule has 4 nitrogen and oxygen atoms in total. The number of halogens is 1. The molecule has 1 heterocycles. The fourth-order valence-corrected chi connectivity index (χ4v) is 4.21. The van der Waals surface area contributed by atoms with E-state index in [4.69, 9.17) is 0 Å². The topological polar surface area (TPSA) is 49.4 Å². The van der Waals surface area contributed by atoms with Gasteiger partial charge < -0.3 is 10.2 Å². The van der Waals surface area contributed by atoms with E-state index in [0.29, 0.717) is 37.4 Å². The summed E-state index contributed by atoms with van der Waals surface area (Å²) in [4.78, 5) is 27.3. The van der Waals surface area contributed by atoms with E-state index < -0.39 is 0 Å². The Morgan fingerprint density at radius 2 is 1.60 bits per heavy atom. The first-order valence-electron chi connectivity index (χ1n) is 10.8. The monoisotopic (exact) mass is 470 g/mol. The standard InChI is InChI=1S/C25H31BrN2O2/c1-17(2)16-19-4-6-20(7-5-19)18(3)27-24(29)21-12-14-28(15-13-21)25(30)22-8-10-23(26)11-9-22/h4-11,17-18,21H,12-16H2,1-3H3,(H,27,29). The summed E-state index contributed by atoms with van der Waals surface area (Å²) in [7, 11) is 0. The second-order valence-electron chi connectivity index (χ2n) is 8.64. The third kappa shape index (κ3) is 5.94. The van der Waals surface area contributed by atoms with Crippen LogP contribution < -0.4 is 5.32 Å². The lowest BCUT2D eigenvalue weighted by molar-refractivity contribution is -0.126. The van der Waals surface area contributed by atoms with Gasteiger partial charge in [0.2, 0.25) is 5.91 Å². The Hall–Kier alpha value is -2.14. The molecule has 0 radical (unpaired) electrons. The molecule has 1 aliphatic heterocycles. The van der Waals surface area contributed by atoms with Gasteiger partial charge in [-0.3, -0.25) is 9.59 Å². The van der Waals surface area contributed by atoms with Crippen LogP contribution in [0.4, 0.5) is 0 Å². The lowest BCUT2D eigenvalue weighted by Crippen LogP contribution is -2.43. The van der Waals surface area contributed by atoms with Crippen molar-refractivity contribution in [1.29, 1.82) is 0 Å². The zero-order valence-corrected chi connectivity index (χ0v) is 19.6. The molecular formula is C25H31BrN2O2. The first-order chi connectivity index (χ1) is 14.3. The molecule has 0 saturated carbocycles. The summed E-state index contributed by atoms with van der Waals surface area (Å²) in [5.41, 5.74) is 3.14. The largest absolute Gasteiger partial charge is 0.349 e. The molecule has 0 aromatic heterocycles. The molecule has 0 aliphatic carbocycles.